The summed E-state index contributed by atoms with van der Waals surface area (Å²) in [5, 5.41) is 36.1. The van der Waals surface area contributed by atoms with Crippen LogP contribution in [0, 0.1) is 6.92 Å². The fraction of sp³-hybridized carbons (Fsp3) is 0.619. The van der Waals surface area contributed by atoms with Gasteiger partial charge in [0, 0.05) is 23.6 Å². The normalized spacial score (nSPS) is 27.8. The van der Waals surface area contributed by atoms with Gasteiger partial charge >= 0.3 is 0 Å². The second-order valence-corrected chi connectivity index (χ2v) is 7.51. The molecule has 0 saturated heterocycles. The van der Waals surface area contributed by atoms with Crippen molar-refractivity contribution in [3.05, 3.63) is 35.9 Å². The number of benzene rings is 1. The fourth-order valence-electron chi connectivity index (χ4n) is 4.86. The van der Waals surface area contributed by atoms with Crippen LogP contribution in [0.4, 0.5) is 0 Å². The Kier molecular flexibility index (Phi) is 6.17. The maximum absolute atomic E-state index is 11.9. The average Bonchev–Trinajstić information content (AvgIpc) is 2.59. The first kappa shape index (κ1) is 19.8. The molecule has 3 unspecified atom stereocenters. The van der Waals surface area contributed by atoms with Gasteiger partial charge in [-0.15, -0.1) is 6.58 Å². The van der Waals surface area contributed by atoms with Crippen LogP contribution in [0.3, 0.4) is 0 Å². The molecule has 1 saturated carbocycles. The third kappa shape index (κ3) is 3.30. The first-order valence-electron chi connectivity index (χ1n) is 9.42. The van der Waals surface area contributed by atoms with E-state index in [-0.39, 0.29) is 17.5 Å². The topological polar surface area (TPSA) is 72.7 Å². The van der Waals surface area contributed by atoms with Gasteiger partial charge in [-0.1, -0.05) is 38.3 Å². The molecule has 3 atom stereocenters. The minimum absolute atomic E-state index is 0.0790. The van der Waals surface area contributed by atoms with Crippen LogP contribution in [0.1, 0.15) is 63.5 Å². The van der Waals surface area contributed by atoms with E-state index in [0.29, 0.717) is 18.5 Å². The Morgan fingerprint density at radius 2 is 1.96 bits per heavy atom. The fourth-order valence-corrected chi connectivity index (χ4v) is 4.86. The summed E-state index contributed by atoms with van der Waals surface area (Å²) in [5.74, 6) is -0.194. The van der Waals surface area contributed by atoms with Crippen molar-refractivity contribution in [1.29, 1.82) is 0 Å². The van der Waals surface area contributed by atoms with Crippen molar-refractivity contribution in [3.63, 3.8) is 0 Å². The maximum atomic E-state index is 11.9. The molecule has 1 aliphatic rings. The van der Waals surface area contributed by atoms with Gasteiger partial charge in [-0.3, -0.25) is 0 Å². The quantitative estimate of drug-likeness (QED) is 0.446. The molecule has 0 heterocycles. The van der Waals surface area contributed by atoms with Gasteiger partial charge in [-0.2, -0.15) is 0 Å². The first-order valence-corrected chi connectivity index (χ1v) is 9.42. The van der Waals surface area contributed by atoms with Crippen LogP contribution in [-0.2, 0) is 5.41 Å². The Labute approximate surface area is 151 Å². The van der Waals surface area contributed by atoms with E-state index in [2.05, 4.69) is 18.8 Å². The molecule has 1 aromatic carbocycles. The van der Waals surface area contributed by atoms with Crippen molar-refractivity contribution >= 4 is 0 Å². The lowest BCUT2D eigenvalue weighted by Crippen LogP contribution is -2.63. The van der Waals surface area contributed by atoms with E-state index in [1.165, 1.54) is 6.07 Å². The van der Waals surface area contributed by atoms with E-state index in [4.69, 9.17) is 0 Å². The lowest BCUT2D eigenvalue weighted by molar-refractivity contribution is -0.0979. The molecule has 0 spiro atoms. The standard InChI is InChI=1S/C21H33NO3/c1-5-11-20(18-15(3)9-10-17(23)19(18)24)12-7-8-13-21(20,25)16(4)22-14-6-2/h6,9-10,16,22-25H,2,5,7-8,11-14H2,1,3-4H3. The summed E-state index contributed by atoms with van der Waals surface area (Å²) in [6, 6.07) is 3.20. The lowest BCUT2D eigenvalue weighted by Gasteiger charge is -2.54. The van der Waals surface area contributed by atoms with Gasteiger partial charge in [-0.25, -0.2) is 0 Å². The van der Waals surface area contributed by atoms with Gasteiger partial charge in [0.05, 0.1) is 5.60 Å². The third-order valence-electron chi connectivity index (χ3n) is 6.05. The molecule has 4 heteroatoms. The summed E-state index contributed by atoms with van der Waals surface area (Å²) < 4.78 is 0. The van der Waals surface area contributed by atoms with E-state index in [1.807, 2.05) is 19.9 Å². The zero-order valence-corrected chi connectivity index (χ0v) is 15.8. The molecule has 1 aliphatic carbocycles. The van der Waals surface area contributed by atoms with Gasteiger partial charge in [0.2, 0.25) is 0 Å². The van der Waals surface area contributed by atoms with Crippen LogP contribution in [0.5, 0.6) is 11.5 Å². The molecule has 0 bridgehead atoms. The molecule has 0 aromatic heterocycles. The first-order chi connectivity index (χ1) is 11.8. The highest BCUT2D eigenvalue weighted by molar-refractivity contribution is 5.54. The minimum Gasteiger partial charge on any atom is -0.504 e. The molecular formula is C21H33NO3. The van der Waals surface area contributed by atoms with E-state index in [1.54, 1.807) is 6.08 Å². The zero-order chi connectivity index (χ0) is 18.7. The smallest absolute Gasteiger partial charge is 0.161 e. The van der Waals surface area contributed by atoms with Crippen molar-refractivity contribution < 1.29 is 15.3 Å². The van der Waals surface area contributed by atoms with E-state index < -0.39 is 11.0 Å². The summed E-state index contributed by atoms with van der Waals surface area (Å²) in [5.41, 5.74) is 0.0460. The summed E-state index contributed by atoms with van der Waals surface area (Å²) in [6.07, 6.45) is 6.89. The van der Waals surface area contributed by atoms with E-state index in [9.17, 15) is 15.3 Å². The highest BCUT2D eigenvalue weighted by Crippen LogP contribution is 2.55. The second-order valence-electron chi connectivity index (χ2n) is 7.51. The number of hydrogen-bond acceptors (Lipinski definition) is 4. The Bertz CT molecular complexity index is 611. The van der Waals surface area contributed by atoms with E-state index >= 15 is 0 Å². The molecule has 140 valence electrons. The number of phenols is 2. The third-order valence-corrected chi connectivity index (χ3v) is 6.05. The molecule has 0 amide bonds. The number of rotatable bonds is 7. The van der Waals surface area contributed by atoms with Crippen molar-refractivity contribution in [3.8, 4) is 11.5 Å². The maximum Gasteiger partial charge on any atom is 0.161 e. The molecule has 1 fully saturated rings. The second kappa shape index (κ2) is 7.79. The van der Waals surface area contributed by atoms with Crippen LogP contribution in [0.15, 0.2) is 24.8 Å². The Morgan fingerprint density at radius 3 is 2.60 bits per heavy atom. The van der Waals surface area contributed by atoms with Crippen LogP contribution >= 0.6 is 0 Å². The molecular weight excluding hydrogens is 314 g/mol. The Hall–Kier alpha value is -1.52. The van der Waals surface area contributed by atoms with Crippen molar-refractivity contribution in [2.75, 3.05) is 6.54 Å². The number of nitrogens with one attached hydrogen (secondary N) is 1. The van der Waals surface area contributed by atoms with Gasteiger partial charge in [0.15, 0.2) is 11.5 Å². The molecule has 2 rings (SSSR count). The van der Waals surface area contributed by atoms with E-state index in [0.717, 1.165) is 37.7 Å². The predicted molar refractivity (Wildman–Crippen MR) is 102 cm³/mol. The van der Waals surface area contributed by atoms with Gasteiger partial charge in [0.25, 0.3) is 0 Å². The lowest BCUT2D eigenvalue weighted by atomic mass is 9.54. The number of aromatic hydroxyl groups is 2. The Balaban J connectivity index is 2.66. The number of phenolic OH excluding ortho intramolecular Hbond substituents is 2. The van der Waals surface area contributed by atoms with Gasteiger partial charge in [0.1, 0.15) is 0 Å². The summed E-state index contributed by atoms with van der Waals surface area (Å²) in [4.78, 5) is 0. The van der Waals surface area contributed by atoms with Crippen molar-refractivity contribution in [2.45, 2.75) is 76.4 Å². The van der Waals surface area contributed by atoms with Crippen LogP contribution < -0.4 is 5.32 Å². The summed E-state index contributed by atoms with van der Waals surface area (Å²) >= 11 is 0. The monoisotopic (exact) mass is 347 g/mol. The van der Waals surface area contributed by atoms with Crippen molar-refractivity contribution in [2.24, 2.45) is 0 Å². The van der Waals surface area contributed by atoms with Gasteiger partial charge < -0.3 is 20.6 Å². The van der Waals surface area contributed by atoms with Crippen LogP contribution in [-0.4, -0.2) is 33.5 Å². The minimum atomic E-state index is -1.000. The molecule has 25 heavy (non-hydrogen) atoms. The largest absolute Gasteiger partial charge is 0.504 e. The predicted octanol–water partition coefficient (Wildman–Crippen LogP) is 3.91. The highest BCUT2D eigenvalue weighted by Gasteiger charge is 2.56. The molecule has 4 nitrogen and oxygen atoms in total. The van der Waals surface area contributed by atoms with Crippen LogP contribution in [0.25, 0.3) is 0 Å². The summed E-state index contributed by atoms with van der Waals surface area (Å²) in [6.45, 7) is 10.4. The molecule has 4 N–H and O–H groups in total. The zero-order valence-electron chi connectivity index (χ0n) is 15.8. The van der Waals surface area contributed by atoms with Crippen LogP contribution in [0.2, 0.25) is 0 Å². The Morgan fingerprint density at radius 1 is 1.28 bits per heavy atom. The number of aliphatic hydroxyl groups is 1. The molecule has 0 radical (unpaired) electrons. The highest BCUT2D eigenvalue weighted by atomic mass is 16.3. The SMILES string of the molecule is C=CCNC(C)C1(O)CCCCC1(CCC)c1c(C)ccc(O)c1O. The van der Waals surface area contributed by atoms with Crippen molar-refractivity contribution in [1.82, 2.24) is 5.32 Å². The summed E-state index contributed by atoms with van der Waals surface area (Å²) in [7, 11) is 0. The number of hydrogen-bond donors (Lipinski definition) is 4. The molecule has 1 aromatic rings. The molecule has 0 aliphatic heterocycles. The average molecular weight is 347 g/mol. The van der Waals surface area contributed by atoms with Gasteiger partial charge in [-0.05, 0) is 44.7 Å². The number of aryl methyl sites for hydroxylation is 1.